The normalized spacial score (nSPS) is 13.9. The fraction of sp³-hybridized carbons (Fsp3) is 0.211. The Labute approximate surface area is 151 Å². The molecule has 1 aliphatic rings. The van der Waals surface area contributed by atoms with Crippen LogP contribution in [0.25, 0.3) is 10.9 Å². The van der Waals surface area contributed by atoms with Crippen molar-refractivity contribution >= 4 is 28.4 Å². The average molecular weight is 372 g/mol. The van der Waals surface area contributed by atoms with Crippen LogP contribution in [0.1, 0.15) is 29.2 Å². The van der Waals surface area contributed by atoms with Crippen molar-refractivity contribution in [2.75, 3.05) is 5.75 Å². The van der Waals surface area contributed by atoms with Gasteiger partial charge in [-0.3, -0.25) is 14.2 Å². The van der Waals surface area contributed by atoms with Crippen LogP contribution in [0.3, 0.4) is 0 Å². The summed E-state index contributed by atoms with van der Waals surface area (Å²) in [5.74, 6) is -2.41. The molecule has 0 spiro atoms. The first-order chi connectivity index (χ1) is 12.5. The Morgan fingerprint density at radius 1 is 1.15 bits per heavy atom. The number of aromatic nitrogens is 2. The highest BCUT2D eigenvalue weighted by atomic mass is 32.2. The number of thioether (sulfide) groups is 1. The number of para-hydroxylation sites is 1. The number of halogens is 2. The number of Topliss-reactive ketones (excluding diaryl/α,β-unsaturated/α-hetero) is 1. The largest absolute Gasteiger partial charge is 0.293 e. The summed E-state index contributed by atoms with van der Waals surface area (Å²) in [5.41, 5.74) is 0.565. The zero-order valence-corrected chi connectivity index (χ0v) is 14.4. The fourth-order valence-electron chi connectivity index (χ4n) is 2.77. The van der Waals surface area contributed by atoms with E-state index >= 15 is 0 Å². The second kappa shape index (κ2) is 6.64. The zero-order valence-electron chi connectivity index (χ0n) is 13.6. The van der Waals surface area contributed by atoms with Crippen LogP contribution in [0, 0.1) is 11.6 Å². The van der Waals surface area contributed by atoms with Gasteiger partial charge in [0.05, 0.1) is 16.7 Å². The topological polar surface area (TPSA) is 52.0 Å². The van der Waals surface area contributed by atoms with Crippen LogP contribution in [0.2, 0.25) is 0 Å². The summed E-state index contributed by atoms with van der Waals surface area (Å²) >= 11 is 1.14. The van der Waals surface area contributed by atoms with Crippen molar-refractivity contribution in [3.63, 3.8) is 0 Å². The van der Waals surface area contributed by atoms with Crippen LogP contribution in [0.15, 0.2) is 52.4 Å². The van der Waals surface area contributed by atoms with Crippen molar-refractivity contribution in [2.24, 2.45) is 0 Å². The van der Waals surface area contributed by atoms with Gasteiger partial charge in [-0.1, -0.05) is 23.9 Å². The molecule has 1 aromatic heterocycles. The maximum atomic E-state index is 13.3. The van der Waals surface area contributed by atoms with E-state index in [1.807, 2.05) is 0 Å². The predicted molar refractivity (Wildman–Crippen MR) is 95.7 cm³/mol. The molecule has 0 saturated heterocycles. The molecule has 0 aliphatic heterocycles. The number of nitrogens with zero attached hydrogens (tertiary/aromatic N) is 2. The Morgan fingerprint density at radius 3 is 2.65 bits per heavy atom. The second-order valence-corrected chi connectivity index (χ2v) is 7.10. The van der Waals surface area contributed by atoms with Gasteiger partial charge in [0.25, 0.3) is 5.56 Å². The van der Waals surface area contributed by atoms with Crippen LogP contribution < -0.4 is 5.56 Å². The third kappa shape index (κ3) is 3.14. The summed E-state index contributed by atoms with van der Waals surface area (Å²) in [7, 11) is 0. The molecule has 2 aromatic carbocycles. The molecule has 1 saturated carbocycles. The molecule has 0 radical (unpaired) electrons. The number of fused-ring (bicyclic) bond motifs is 1. The van der Waals surface area contributed by atoms with Gasteiger partial charge < -0.3 is 0 Å². The maximum absolute atomic E-state index is 13.3. The van der Waals surface area contributed by atoms with Gasteiger partial charge in [0.1, 0.15) is 0 Å². The van der Waals surface area contributed by atoms with Gasteiger partial charge in [0.2, 0.25) is 0 Å². The average Bonchev–Trinajstić information content (AvgIpc) is 3.47. The number of benzene rings is 2. The smallest absolute Gasteiger partial charge is 0.262 e. The summed E-state index contributed by atoms with van der Waals surface area (Å²) in [4.78, 5) is 29.6. The fourth-order valence-corrected chi connectivity index (χ4v) is 3.73. The van der Waals surface area contributed by atoms with E-state index in [4.69, 9.17) is 0 Å². The number of hydrogen-bond donors (Lipinski definition) is 0. The van der Waals surface area contributed by atoms with Gasteiger partial charge in [-0.15, -0.1) is 0 Å². The van der Waals surface area contributed by atoms with Gasteiger partial charge in [-0.2, -0.15) is 0 Å². The van der Waals surface area contributed by atoms with Crippen molar-refractivity contribution in [3.8, 4) is 0 Å². The predicted octanol–water partition coefficient (Wildman–Crippen LogP) is 3.98. The lowest BCUT2D eigenvalue weighted by atomic mass is 10.1. The highest BCUT2D eigenvalue weighted by Crippen LogP contribution is 2.36. The second-order valence-electron chi connectivity index (χ2n) is 6.16. The van der Waals surface area contributed by atoms with Crippen LogP contribution in [0.5, 0.6) is 0 Å². The van der Waals surface area contributed by atoms with Gasteiger partial charge in [-0.25, -0.2) is 13.8 Å². The first kappa shape index (κ1) is 16.9. The lowest BCUT2D eigenvalue weighted by Crippen LogP contribution is -2.22. The summed E-state index contributed by atoms with van der Waals surface area (Å²) in [6, 6.07) is 10.3. The lowest BCUT2D eigenvalue weighted by Gasteiger charge is -2.12. The number of carbonyl (C=O) groups excluding carboxylic acids is 1. The van der Waals surface area contributed by atoms with E-state index in [1.54, 1.807) is 28.8 Å². The Bertz CT molecular complexity index is 1080. The Balaban J connectivity index is 1.64. The molecule has 0 bridgehead atoms. The summed E-state index contributed by atoms with van der Waals surface area (Å²) in [6.45, 7) is 0. The highest BCUT2D eigenvalue weighted by molar-refractivity contribution is 7.99. The van der Waals surface area contributed by atoms with Crippen molar-refractivity contribution in [1.29, 1.82) is 0 Å². The summed E-state index contributed by atoms with van der Waals surface area (Å²) < 4.78 is 28.0. The number of carbonyl (C=O) groups is 1. The van der Waals surface area contributed by atoms with E-state index in [2.05, 4.69) is 4.98 Å². The molecular formula is C19H14F2N2O2S. The number of rotatable bonds is 5. The standard InChI is InChI=1S/C19H14F2N2O2S/c20-14-8-5-11(9-15(14)21)17(24)10-26-19-22-16-4-2-1-3-13(16)18(25)23(19)12-6-7-12/h1-5,8-9,12H,6-7,10H2. The molecule has 4 rings (SSSR count). The van der Waals surface area contributed by atoms with Gasteiger partial charge in [-0.05, 0) is 43.2 Å². The van der Waals surface area contributed by atoms with Gasteiger partial charge in [0, 0.05) is 11.6 Å². The van der Waals surface area contributed by atoms with Gasteiger partial charge in [0.15, 0.2) is 22.6 Å². The van der Waals surface area contributed by atoms with E-state index in [-0.39, 0.29) is 28.7 Å². The third-order valence-corrected chi connectivity index (χ3v) is 5.21. The minimum Gasteiger partial charge on any atom is -0.293 e. The first-order valence-electron chi connectivity index (χ1n) is 8.17. The molecule has 0 atom stereocenters. The van der Waals surface area contributed by atoms with Crippen LogP contribution >= 0.6 is 11.8 Å². The summed E-state index contributed by atoms with van der Waals surface area (Å²) in [5, 5.41) is 1.03. The third-order valence-electron chi connectivity index (χ3n) is 4.26. The quantitative estimate of drug-likeness (QED) is 0.386. The molecule has 0 unspecified atom stereocenters. The molecular weight excluding hydrogens is 358 g/mol. The van der Waals surface area contributed by atoms with Crippen molar-refractivity contribution in [3.05, 3.63) is 70.0 Å². The van der Waals surface area contributed by atoms with Crippen molar-refractivity contribution < 1.29 is 13.6 Å². The van der Waals surface area contributed by atoms with Crippen LogP contribution in [-0.2, 0) is 0 Å². The van der Waals surface area contributed by atoms with Crippen molar-refractivity contribution in [1.82, 2.24) is 9.55 Å². The number of ketones is 1. The lowest BCUT2D eigenvalue weighted by molar-refractivity contribution is 0.102. The molecule has 26 heavy (non-hydrogen) atoms. The van der Waals surface area contributed by atoms with Crippen LogP contribution in [-0.4, -0.2) is 21.1 Å². The molecule has 0 amide bonds. The Kier molecular flexibility index (Phi) is 4.32. The van der Waals surface area contributed by atoms with Gasteiger partial charge >= 0.3 is 0 Å². The van der Waals surface area contributed by atoms with E-state index in [9.17, 15) is 18.4 Å². The van der Waals surface area contributed by atoms with E-state index in [0.29, 0.717) is 16.1 Å². The molecule has 1 fully saturated rings. The highest BCUT2D eigenvalue weighted by Gasteiger charge is 2.28. The molecule has 3 aromatic rings. The molecule has 1 aliphatic carbocycles. The molecule has 132 valence electrons. The van der Waals surface area contributed by atoms with Crippen LogP contribution in [0.4, 0.5) is 8.78 Å². The maximum Gasteiger partial charge on any atom is 0.262 e. The zero-order chi connectivity index (χ0) is 18.3. The molecule has 7 heteroatoms. The Morgan fingerprint density at radius 2 is 1.92 bits per heavy atom. The minimum atomic E-state index is -1.06. The SMILES string of the molecule is O=C(CSc1nc2ccccc2c(=O)n1C1CC1)c1ccc(F)c(F)c1. The summed E-state index contributed by atoms with van der Waals surface area (Å²) in [6.07, 6.45) is 1.81. The molecule has 0 N–H and O–H groups in total. The van der Waals surface area contributed by atoms with E-state index < -0.39 is 11.6 Å². The van der Waals surface area contributed by atoms with E-state index in [1.165, 1.54) is 6.07 Å². The number of hydrogen-bond acceptors (Lipinski definition) is 4. The minimum absolute atomic E-state index is 0.0113. The Hall–Kier alpha value is -2.54. The van der Waals surface area contributed by atoms with Crippen molar-refractivity contribution in [2.45, 2.75) is 24.0 Å². The van der Waals surface area contributed by atoms with E-state index in [0.717, 1.165) is 36.7 Å². The molecule has 4 nitrogen and oxygen atoms in total. The monoisotopic (exact) mass is 372 g/mol. The first-order valence-corrected chi connectivity index (χ1v) is 9.15. The molecule has 1 heterocycles.